The Morgan fingerprint density at radius 1 is 1.67 bits per heavy atom. The zero-order valence-corrected chi connectivity index (χ0v) is 11.7. The third-order valence-corrected chi connectivity index (χ3v) is 3.40. The molecule has 0 aliphatic carbocycles. The normalized spacial score (nSPS) is 28.1. The number of nitrogens with one attached hydrogen (secondary N) is 1. The average Bonchev–Trinajstić information content (AvgIpc) is 2.37. The molecule has 1 N–H and O–H groups in total. The summed E-state index contributed by atoms with van der Waals surface area (Å²) in [4.78, 5) is 12.2. The van der Waals surface area contributed by atoms with Crippen molar-refractivity contribution in [1.29, 1.82) is 0 Å². The van der Waals surface area contributed by atoms with Crippen LogP contribution in [-0.2, 0) is 14.3 Å². The average molecular weight is 255 g/mol. The quantitative estimate of drug-likeness (QED) is 0.581. The Hall–Kier alpha value is -0.870. The summed E-state index contributed by atoms with van der Waals surface area (Å²) in [6.07, 6.45) is 3.18. The molecule has 1 aliphatic rings. The minimum Gasteiger partial charge on any atom is -0.465 e. The van der Waals surface area contributed by atoms with Crippen molar-refractivity contribution in [1.82, 2.24) is 5.32 Å². The second-order valence-electron chi connectivity index (χ2n) is 5.08. The maximum Gasteiger partial charge on any atom is 0.326 e. The van der Waals surface area contributed by atoms with Crippen LogP contribution in [-0.4, -0.2) is 37.4 Å². The van der Waals surface area contributed by atoms with E-state index in [1.165, 1.54) is 0 Å². The lowest BCUT2D eigenvalue weighted by molar-refractivity contribution is -0.159. The summed E-state index contributed by atoms with van der Waals surface area (Å²) in [7, 11) is 0. The smallest absolute Gasteiger partial charge is 0.326 e. The first-order valence-electron chi connectivity index (χ1n) is 6.70. The summed E-state index contributed by atoms with van der Waals surface area (Å²) in [5.41, 5.74) is -0.614. The van der Waals surface area contributed by atoms with Crippen LogP contribution in [0.1, 0.15) is 33.6 Å². The lowest BCUT2D eigenvalue weighted by Gasteiger charge is -2.40. The molecule has 1 saturated heterocycles. The van der Waals surface area contributed by atoms with Crippen LogP contribution >= 0.6 is 0 Å². The van der Waals surface area contributed by atoms with Crippen molar-refractivity contribution in [2.45, 2.75) is 45.3 Å². The first-order valence-corrected chi connectivity index (χ1v) is 6.70. The molecular weight excluding hydrogens is 230 g/mol. The van der Waals surface area contributed by atoms with Crippen molar-refractivity contribution in [3.8, 4) is 0 Å². The van der Waals surface area contributed by atoms with Crippen LogP contribution in [0.25, 0.3) is 0 Å². The van der Waals surface area contributed by atoms with E-state index >= 15 is 0 Å². The van der Waals surface area contributed by atoms with Gasteiger partial charge in [0.1, 0.15) is 5.54 Å². The number of ether oxygens (including phenoxy) is 2. The minimum absolute atomic E-state index is 0.0977. The molecule has 0 saturated carbocycles. The molecular formula is C14H25NO3. The van der Waals surface area contributed by atoms with Crippen LogP contribution in [0.5, 0.6) is 0 Å². The highest BCUT2D eigenvalue weighted by Crippen LogP contribution is 2.29. The third kappa shape index (κ3) is 3.56. The first kappa shape index (κ1) is 15.2. The van der Waals surface area contributed by atoms with Gasteiger partial charge in [-0.05, 0) is 19.3 Å². The van der Waals surface area contributed by atoms with E-state index in [0.29, 0.717) is 38.5 Å². The van der Waals surface area contributed by atoms with Crippen molar-refractivity contribution in [3.63, 3.8) is 0 Å². The summed E-state index contributed by atoms with van der Waals surface area (Å²) >= 11 is 0. The van der Waals surface area contributed by atoms with Crippen LogP contribution in [0.15, 0.2) is 12.7 Å². The van der Waals surface area contributed by atoms with E-state index in [1.54, 1.807) is 6.08 Å². The number of hydrogen-bond donors (Lipinski definition) is 1. The lowest BCUT2D eigenvalue weighted by atomic mass is 9.83. The molecule has 1 heterocycles. The largest absolute Gasteiger partial charge is 0.465 e. The first-order chi connectivity index (χ1) is 8.55. The predicted octanol–water partition coefficient (Wildman–Crippen LogP) is 1.90. The third-order valence-electron chi connectivity index (χ3n) is 3.40. The van der Waals surface area contributed by atoms with Crippen molar-refractivity contribution in [2.24, 2.45) is 5.92 Å². The van der Waals surface area contributed by atoms with Crippen LogP contribution in [0.3, 0.4) is 0 Å². The highest BCUT2D eigenvalue weighted by atomic mass is 16.5. The molecule has 2 atom stereocenters. The Kier molecular flexibility index (Phi) is 5.82. The summed E-state index contributed by atoms with van der Waals surface area (Å²) in [5.74, 6) is 0.227. The van der Waals surface area contributed by atoms with Gasteiger partial charge in [-0.15, -0.1) is 6.58 Å². The molecule has 4 heteroatoms. The summed E-state index contributed by atoms with van der Waals surface area (Å²) in [6, 6.07) is 0. The molecule has 4 nitrogen and oxygen atoms in total. The highest BCUT2D eigenvalue weighted by Gasteiger charge is 2.44. The maximum atomic E-state index is 12.2. The van der Waals surface area contributed by atoms with Crippen LogP contribution < -0.4 is 5.32 Å². The number of carbonyl (C=O) groups is 1. The summed E-state index contributed by atoms with van der Waals surface area (Å²) in [6.45, 7) is 11.3. The second kappa shape index (κ2) is 6.90. The molecule has 0 aromatic heterocycles. The molecule has 1 fully saturated rings. The molecule has 0 spiro atoms. The van der Waals surface area contributed by atoms with E-state index in [0.717, 1.165) is 0 Å². The van der Waals surface area contributed by atoms with Gasteiger partial charge >= 0.3 is 5.97 Å². The zero-order valence-electron chi connectivity index (χ0n) is 11.7. The topological polar surface area (TPSA) is 47.6 Å². The Morgan fingerprint density at radius 3 is 2.94 bits per heavy atom. The summed E-state index contributed by atoms with van der Waals surface area (Å²) < 4.78 is 10.9. The molecule has 104 valence electrons. The number of carbonyl (C=O) groups excluding carboxylic acids is 1. The molecule has 0 amide bonds. The number of rotatable bonds is 6. The van der Waals surface area contributed by atoms with E-state index in [9.17, 15) is 4.79 Å². The lowest BCUT2D eigenvalue weighted by Crippen LogP contribution is -2.58. The van der Waals surface area contributed by atoms with Crippen LogP contribution in [0.2, 0.25) is 0 Å². The Morgan fingerprint density at radius 2 is 2.39 bits per heavy atom. The van der Waals surface area contributed by atoms with Crippen molar-refractivity contribution < 1.29 is 14.3 Å². The van der Waals surface area contributed by atoms with Gasteiger partial charge in [0, 0.05) is 19.6 Å². The van der Waals surface area contributed by atoms with E-state index < -0.39 is 5.54 Å². The van der Waals surface area contributed by atoms with E-state index in [2.05, 4.69) is 25.7 Å². The minimum atomic E-state index is -0.614. The molecule has 18 heavy (non-hydrogen) atoms. The van der Waals surface area contributed by atoms with E-state index in [1.807, 2.05) is 6.92 Å². The molecule has 0 bridgehead atoms. The molecule has 0 radical (unpaired) electrons. The fourth-order valence-electron chi connectivity index (χ4n) is 2.27. The predicted molar refractivity (Wildman–Crippen MR) is 71.4 cm³/mol. The highest BCUT2D eigenvalue weighted by molar-refractivity contribution is 5.81. The monoisotopic (exact) mass is 255 g/mol. The van der Waals surface area contributed by atoms with Crippen molar-refractivity contribution in [3.05, 3.63) is 12.7 Å². The van der Waals surface area contributed by atoms with Crippen LogP contribution in [0.4, 0.5) is 0 Å². The van der Waals surface area contributed by atoms with Gasteiger partial charge in [-0.1, -0.05) is 19.9 Å². The maximum absolute atomic E-state index is 12.2. The molecule has 1 aliphatic heterocycles. The summed E-state index contributed by atoms with van der Waals surface area (Å²) in [5, 5.41) is 3.28. The second-order valence-corrected chi connectivity index (χ2v) is 5.08. The Balaban J connectivity index is 2.81. The Bertz CT molecular complexity index is 291. The standard InChI is InChI=1S/C14H25NO3/c1-5-8-15-14(13(16)17-6-2)7-9-18-12(10-14)11(3)4/h5,11-12,15H,1,6-10H2,2-4H3. The van der Waals surface area contributed by atoms with Gasteiger partial charge in [0.15, 0.2) is 0 Å². The Labute approximate surface area is 110 Å². The van der Waals surface area contributed by atoms with Gasteiger partial charge in [0.2, 0.25) is 0 Å². The zero-order chi connectivity index (χ0) is 13.6. The number of esters is 1. The number of hydrogen-bond acceptors (Lipinski definition) is 4. The van der Waals surface area contributed by atoms with E-state index in [-0.39, 0.29) is 12.1 Å². The van der Waals surface area contributed by atoms with Crippen molar-refractivity contribution in [2.75, 3.05) is 19.8 Å². The SMILES string of the molecule is C=CCNC1(C(=O)OCC)CCOC(C(C)C)C1. The molecule has 2 unspecified atom stereocenters. The van der Waals surface area contributed by atoms with Gasteiger partial charge in [0.05, 0.1) is 12.7 Å². The molecule has 0 aromatic carbocycles. The molecule has 1 rings (SSSR count). The van der Waals surface area contributed by atoms with Gasteiger partial charge < -0.3 is 9.47 Å². The van der Waals surface area contributed by atoms with Gasteiger partial charge in [0.25, 0.3) is 0 Å². The van der Waals surface area contributed by atoms with Crippen LogP contribution in [0, 0.1) is 5.92 Å². The fourth-order valence-corrected chi connectivity index (χ4v) is 2.27. The van der Waals surface area contributed by atoms with Gasteiger partial charge in [-0.2, -0.15) is 0 Å². The molecule has 0 aromatic rings. The van der Waals surface area contributed by atoms with Gasteiger partial charge in [-0.25, -0.2) is 0 Å². The van der Waals surface area contributed by atoms with Crippen molar-refractivity contribution >= 4 is 5.97 Å². The van der Waals surface area contributed by atoms with Gasteiger partial charge in [-0.3, -0.25) is 10.1 Å². The fraction of sp³-hybridized carbons (Fsp3) is 0.786. The van der Waals surface area contributed by atoms with E-state index in [4.69, 9.17) is 9.47 Å².